The van der Waals surface area contributed by atoms with Gasteiger partial charge in [0.25, 0.3) is 5.91 Å². The number of carbonyl (C=O) groups excluding carboxylic acids is 1. The Balaban J connectivity index is 1.88. The first-order chi connectivity index (χ1) is 12.5. The van der Waals surface area contributed by atoms with E-state index in [4.69, 9.17) is 21.7 Å². The fourth-order valence-corrected chi connectivity index (χ4v) is 4.21. The molecule has 1 fully saturated rings. The van der Waals surface area contributed by atoms with Gasteiger partial charge in [-0.05, 0) is 36.3 Å². The summed E-state index contributed by atoms with van der Waals surface area (Å²) in [5.74, 6) is 1.19. The van der Waals surface area contributed by atoms with E-state index in [0.29, 0.717) is 20.7 Å². The Morgan fingerprint density at radius 3 is 2.42 bits per heavy atom. The van der Waals surface area contributed by atoms with Crippen molar-refractivity contribution in [2.24, 2.45) is 0 Å². The van der Waals surface area contributed by atoms with Crippen molar-refractivity contribution in [2.75, 3.05) is 14.2 Å². The lowest BCUT2D eigenvalue weighted by atomic mass is 10.1. The van der Waals surface area contributed by atoms with Gasteiger partial charge in [-0.25, -0.2) is 0 Å². The van der Waals surface area contributed by atoms with Crippen LogP contribution in [0.25, 0.3) is 6.08 Å². The topological polar surface area (TPSA) is 38.8 Å². The SMILES string of the molecule is COc1ccc(/C=C2\SC(=S)N([C@H](C)c3ccccc3)C2=O)cc1OC. The number of amides is 1. The van der Waals surface area contributed by atoms with Crippen LogP contribution >= 0.6 is 24.0 Å². The molecule has 1 atom stereocenters. The van der Waals surface area contributed by atoms with Crippen LogP contribution in [-0.4, -0.2) is 29.3 Å². The zero-order chi connectivity index (χ0) is 18.7. The highest BCUT2D eigenvalue weighted by Gasteiger charge is 2.35. The number of nitrogens with zero attached hydrogens (tertiary/aromatic N) is 1. The molecule has 1 heterocycles. The molecule has 4 nitrogen and oxygen atoms in total. The van der Waals surface area contributed by atoms with Gasteiger partial charge in [0, 0.05) is 0 Å². The molecule has 0 radical (unpaired) electrons. The van der Waals surface area contributed by atoms with Crippen molar-refractivity contribution < 1.29 is 14.3 Å². The van der Waals surface area contributed by atoms with Gasteiger partial charge >= 0.3 is 0 Å². The van der Waals surface area contributed by atoms with E-state index in [2.05, 4.69) is 0 Å². The Morgan fingerprint density at radius 2 is 1.77 bits per heavy atom. The normalized spacial score (nSPS) is 16.9. The third-order valence-corrected chi connectivity index (χ3v) is 5.53. The Kier molecular flexibility index (Phi) is 5.64. The average molecular weight is 386 g/mol. The summed E-state index contributed by atoms with van der Waals surface area (Å²) in [4.78, 5) is 15.2. The van der Waals surface area contributed by atoms with Crippen LogP contribution in [0.5, 0.6) is 11.5 Å². The van der Waals surface area contributed by atoms with Crippen LogP contribution in [0, 0.1) is 0 Å². The smallest absolute Gasteiger partial charge is 0.266 e. The van der Waals surface area contributed by atoms with E-state index in [1.165, 1.54) is 11.8 Å². The first-order valence-corrected chi connectivity index (χ1v) is 9.31. The zero-order valence-corrected chi connectivity index (χ0v) is 16.4. The molecular formula is C20H19NO3S2. The molecule has 0 spiro atoms. The van der Waals surface area contributed by atoms with Crippen LogP contribution in [-0.2, 0) is 4.79 Å². The van der Waals surface area contributed by atoms with Crippen molar-refractivity contribution in [1.29, 1.82) is 0 Å². The average Bonchev–Trinajstić information content (AvgIpc) is 2.95. The van der Waals surface area contributed by atoms with Crippen LogP contribution in [0.3, 0.4) is 0 Å². The maximum Gasteiger partial charge on any atom is 0.266 e. The van der Waals surface area contributed by atoms with E-state index < -0.39 is 0 Å². The number of thioether (sulfide) groups is 1. The summed E-state index contributed by atoms with van der Waals surface area (Å²) < 4.78 is 11.1. The summed E-state index contributed by atoms with van der Waals surface area (Å²) in [6, 6.07) is 15.3. The minimum atomic E-state index is -0.111. The highest BCUT2D eigenvalue weighted by atomic mass is 32.2. The summed E-state index contributed by atoms with van der Waals surface area (Å²) in [6.45, 7) is 1.99. The van der Waals surface area contributed by atoms with Crippen molar-refractivity contribution in [2.45, 2.75) is 13.0 Å². The number of thiocarbonyl (C=S) groups is 1. The molecule has 2 aromatic rings. The molecule has 3 rings (SSSR count). The molecule has 6 heteroatoms. The fraction of sp³-hybridized carbons (Fsp3) is 0.200. The molecule has 0 saturated carbocycles. The van der Waals surface area contributed by atoms with Gasteiger partial charge in [-0.3, -0.25) is 9.69 Å². The summed E-state index contributed by atoms with van der Waals surface area (Å²) in [7, 11) is 3.18. The molecule has 134 valence electrons. The summed E-state index contributed by atoms with van der Waals surface area (Å²) in [6.07, 6.45) is 1.83. The summed E-state index contributed by atoms with van der Waals surface area (Å²) in [5.41, 5.74) is 1.91. The molecule has 1 amide bonds. The lowest BCUT2D eigenvalue weighted by Crippen LogP contribution is -2.30. The molecule has 0 N–H and O–H groups in total. The third kappa shape index (κ3) is 3.61. The van der Waals surface area contributed by atoms with Crippen LogP contribution in [0.2, 0.25) is 0 Å². The van der Waals surface area contributed by atoms with Gasteiger partial charge in [0.15, 0.2) is 11.5 Å². The standard InChI is InChI=1S/C20H19NO3S2/c1-13(15-7-5-4-6-8-15)21-19(22)18(26-20(21)25)12-14-9-10-16(23-2)17(11-14)24-3/h4-13H,1-3H3/b18-12-/t13-/m1/s1. The van der Waals surface area contributed by atoms with Crippen molar-refractivity contribution in [1.82, 2.24) is 4.90 Å². The number of carbonyl (C=O) groups is 1. The Bertz CT molecular complexity index is 865. The zero-order valence-electron chi connectivity index (χ0n) is 14.8. The molecule has 2 aromatic carbocycles. The molecule has 1 saturated heterocycles. The lowest BCUT2D eigenvalue weighted by Gasteiger charge is -2.23. The number of ether oxygens (including phenoxy) is 2. The second-order valence-electron chi connectivity index (χ2n) is 5.75. The first kappa shape index (κ1) is 18.5. The Morgan fingerprint density at radius 1 is 1.08 bits per heavy atom. The number of hydrogen-bond donors (Lipinski definition) is 0. The van der Waals surface area contributed by atoms with Crippen molar-refractivity contribution in [3.63, 3.8) is 0 Å². The maximum atomic E-state index is 12.9. The molecule has 1 aliphatic heterocycles. The quantitative estimate of drug-likeness (QED) is 0.553. The Hall–Kier alpha value is -2.31. The molecule has 26 heavy (non-hydrogen) atoms. The summed E-state index contributed by atoms with van der Waals surface area (Å²) >= 11 is 6.78. The molecular weight excluding hydrogens is 366 g/mol. The van der Waals surface area contributed by atoms with E-state index in [0.717, 1.165) is 11.1 Å². The molecule has 0 unspecified atom stereocenters. The number of methoxy groups -OCH3 is 2. The van der Waals surface area contributed by atoms with Gasteiger partial charge < -0.3 is 9.47 Å². The van der Waals surface area contributed by atoms with E-state index in [1.807, 2.05) is 61.5 Å². The van der Waals surface area contributed by atoms with Gasteiger partial charge in [0.2, 0.25) is 0 Å². The van der Waals surface area contributed by atoms with Gasteiger partial charge in [-0.2, -0.15) is 0 Å². The third-order valence-electron chi connectivity index (χ3n) is 4.20. The van der Waals surface area contributed by atoms with Crippen molar-refractivity contribution in [3.8, 4) is 11.5 Å². The largest absolute Gasteiger partial charge is 0.493 e. The van der Waals surface area contributed by atoms with E-state index >= 15 is 0 Å². The molecule has 1 aliphatic rings. The van der Waals surface area contributed by atoms with Gasteiger partial charge in [-0.1, -0.05) is 60.4 Å². The van der Waals surface area contributed by atoms with Crippen molar-refractivity contribution >= 4 is 40.3 Å². The molecule has 0 aromatic heterocycles. The number of rotatable bonds is 5. The maximum absolute atomic E-state index is 12.9. The number of benzene rings is 2. The van der Waals surface area contributed by atoms with Crippen LogP contribution in [0.1, 0.15) is 24.1 Å². The summed E-state index contributed by atoms with van der Waals surface area (Å²) in [5, 5.41) is 0. The predicted octanol–water partition coefficient (Wildman–Crippen LogP) is 4.67. The fourth-order valence-electron chi connectivity index (χ4n) is 2.79. The predicted molar refractivity (Wildman–Crippen MR) is 109 cm³/mol. The van der Waals surface area contributed by atoms with Crippen molar-refractivity contribution in [3.05, 3.63) is 64.6 Å². The second-order valence-corrected chi connectivity index (χ2v) is 7.43. The minimum absolute atomic E-state index is 0.0777. The highest BCUT2D eigenvalue weighted by Crippen LogP contribution is 2.38. The Labute approximate surface area is 162 Å². The number of hydrogen-bond acceptors (Lipinski definition) is 5. The van der Waals surface area contributed by atoms with Crippen LogP contribution in [0.4, 0.5) is 0 Å². The minimum Gasteiger partial charge on any atom is -0.493 e. The van der Waals surface area contributed by atoms with E-state index in [-0.39, 0.29) is 11.9 Å². The molecule has 0 aliphatic carbocycles. The monoisotopic (exact) mass is 385 g/mol. The van der Waals surface area contributed by atoms with Gasteiger partial charge in [-0.15, -0.1) is 0 Å². The molecule has 0 bridgehead atoms. The first-order valence-electron chi connectivity index (χ1n) is 8.09. The lowest BCUT2D eigenvalue weighted by molar-refractivity contribution is -0.123. The highest BCUT2D eigenvalue weighted by molar-refractivity contribution is 8.26. The van der Waals surface area contributed by atoms with Gasteiger partial charge in [0.05, 0.1) is 25.2 Å². The van der Waals surface area contributed by atoms with Gasteiger partial charge in [0.1, 0.15) is 4.32 Å². The second kappa shape index (κ2) is 7.93. The van der Waals surface area contributed by atoms with E-state index in [9.17, 15) is 4.79 Å². The van der Waals surface area contributed by atoms with Crippen LogP contribution in [0.15, 0.2) is 53.4 Å². The van der Waals surface area contributed by atoms with Crippen LogP contribution < -0.4 is 9.47 Å². The van der Waals surface area contributed by atoms with E-state index in [1.54, 1.807) is 19.1 Å².